The molecule has 0 aromatic carbocycles. The van der Waals surface area contributed by atoms with Crippen LogP contribution in [-0.4, -0.2) is 16.0 Å². The van der Waals surface area contributed by atoms with Crippen LogP contribution in [0, 0.1) is 5.92 Å². The molecule has 114 valence electrons. The SMILES string of the molecule is CCc1cc2c(NC3CCCCCC3C)nc(Cl)nc2s1. The Balaban J connectivity index is 1.93. The number of aryl methyl sites for hydroxylation is 1. The third kappa shape index (κ3) is 3.32. The molecule has 0 spiro atoms. The number of fused-ring (bicyclic) bond motifs is 1. The second-order valence-electron chi connectivity index (χ2n) is 5.99. The zero-order valence-corrected chi connectivity index (χ0v) is 14.2. The first kappa shape index (κ1) is 15.0. The summed E-state index contributed by atoms with van der Waals surface area (Å²) in [7, 11) is 0. The average molecular weight is 324 g/mol. The molecule has 1 aliphatic carbocycles. The zero-order valence-electron chi connectivity index (χ0n) is 12.7. The van der Waals surface area contributed by atoms with Crippen molar-refractivity contribution in [1.29, 1.82) is 0 Å². The summed E-state index contributed by atoms with van der Waals surface area (Å²) in [6.07, 6.45) is 7.53. The van der Waals surface area contributed by atoms with Gasteiger partial charge in [0.2, 0.25) is 5.28 Å². The molecular formula is C16H22ClN3S. The molecule has 3 nitrogen and oxygen atoms in total. The molecule has 0 radical (unpaired) electrons. The number of hydrogen-bond acceptors (Lipinski definition) is 4. The molecule has 1 saturated carbocycles. The molecule has 2 atom stereocenters. The summed E-state index contributed by atoms with van der Waals surface area (Å²) in [5.74, 6) is 1.60. The van der Waals surface area contributed by atoms with Crippen LogP contribution in [0.3, 0.4) is 0 Å². The summed E-state index contributed by atoms with van der Waals surface area (Å²) < 4.78 is 0. The van der Waals surface area contributed by atoms with E-state index in [9.17, 15) is 0 Å². The van der Waals surface area contributed by atoms with E-state index in [0.717, 1.165) is 22.5 Å². The number of anilines is 1. The summed E-state index contributed by atoms with van der Waals surface area (Å²) >= 11 is 7.82. The molecule has 1 N–H and O–H groups in total. The van der Waals surface area contributed by atoms with Crippen LogP contribution in [0.5, 0.6) is 0 Å². The van der Waals surface area contributed by atoms with E-state index in [1.165, 1.54) is 37.0 Å². The topological polar surface area (TPSA) is 37.8 Å². The number of rotatable bonds is 3. The molecule has 5 heteroatoms. The quantitative estimate of drug-likeness (QED) is 0.616. The summed E-state index contributed by atoms with van der Waals surface area (Å²) in [5.41, 5.74) is 0. The minimum atomic E-state index is 0.343. The van der Waals surface area contributed by atoms with Crippen molar-refractivity contribution in [3.8, 4) is 0 Å². The maximum Gasteiger partial charge on any atom is 0.225 e. The first-order valence-corrected chi connectivity index (χ1v) is 9.09. The van der Waals surface area contributed by atoms with Crippen molar-refractivity contribution in [3.05, 3.63) is 16.2 Å². The van der Waals surface area contributed by atoms with Gasteiger partial charge in [-0.15, -0.1) is 11.3 Å². The molecular weight excluding hydrogens is 302 g/mol. The van der Waals surface area contributed by atoms with Crippen LogP contribution in [0.15, 0.2) is 6.07 Å². The van der Waals surface area contributed by atoms with E-state index in [4.69, 9.17) is 11.6 Å². The van der Waals surface area contributed by atoms with Gasteiger partial charge in [0.25, 0.3) is 0 Å². The van der Waals surface area contributed by atoms with Crippen LogP contribution in [0.25, 0.3) is 10.2 Å². The maximum atomic E-state index is 6.11. The smallest absolute Gasteiger partial charge is 0.225 e. The van der Waals surface area contributed by atoms with Gasteiger partial charge < -0.3 is 5.32 Å². The first-order valence-electron chi connectivity index (χ1n) is 7.90. The standard InChI is InChI=1S/C16H22ClN3S/c1-3-11-9-12-14(19-16(17)20-15(12)21-11)18-13-8-6-4-5-7-10(13)2/h9-10,13H,3-8H2,1-2H3,(H,18,19,20). The Morgan fingerprint density at radius 3 is 2.90 bits per heavy atom. The average Bonchev–Trinajstić information content (AvgIpc) is 2.77. The van der Waals surface area contributed by atoms with Crippen molar-refractivity contribution < 1.29 is 0 Å². The third-order valence-corrected chi connectivity index (χ3v) is 5.79. The Labute approximate surface area is 135 Å². The van der Waals surface area contributed by atoms with Gasteiger partial charge in [-0.25, -0.2) is 9.97 Å². The number of aromatic nitrogens is 2. The fourth-order valence-corrected chi connectivity index (χ4v) is 4.30. The maximum absolute atomic E-state index is 6.11. The lowest BCUT2D eigenvalue weighted by atomic mass is 9.97. The number of hydrogen-bond donors (Lipinski definition) is 1. The van der Waals surface area contributed by atoms with E-state index in [0.29, 0.717) is 17.2 Å². The normalized spacial score (nSPS) is 23.2. The van der Waals surface area contributed by atoms with Gasteiger partial charge in [-0.2, -0.15) is 0 Å². The van der Waals surface area contributed by atoms with Gasteiger partial charge in [0, 0.05) is 10.9 Å². The third-order valence-electron chi connectivity index (χ3n) is 4.45. The minimum Gasteiger partial charge on any atom is -0.366 e. The van der Waals surface area contributed by atoms with Crippen molar-refractivity contribution in [1.82, 2.24) is 9.97 Å². The fourth-order valence-electron chi connectivity index (χ4n) is 3.11. The van der Waals surface area contributed by atoms with Gasteiger partial charge in [-0.05, 0) is 42.8 Å². The zero-order chi connectivity index (χ0) is 14.8. The highest BCUT2D eigenvalue weighted by atomic mass is 35.5. The largest absolute Gasteiger partial charge is 0.366 e. The number of thiophene rings is 1. The van der Waals surface area contributed by atoms with E-state index in [2.05, 4.69) is 35.2 Å². The molecule has 2 unspecified atom stereocenters. The summed E-state index contributed by atoms with van der Waals surface area (Å²) in [6.45, 7) is 4.51. The van der Waals surface area contributed by atoms with Gasteiger partial charge in [0.1, 0.15) is 10.6 Å². The summed E-state index contributed by atoms with van der Waals surface area (Å²) in [6, 6.07) is 2.70. The second kappa shape index (κ2) is 6.49. The predicted molar refractivity (Wildman–Crippen MR) is 91.5 cm³/mol. The lowest BCUT2D eigenvalue weighted by molar-refractivity contribution is 0.456. The highest BCUT2D eigenvalue weighted by Gasteiger charge is 2.21. The molecule has 0 aliphatic heterocycles. The summed E-state index contributed by atoms with van der Waals surface area (Å²) in [4.78, 5) is 11.2. The molecule has 0 saturated heterocycles. The Morgan fingerprint density at radius 2 is 2.10 bits per heavy atom. The number of nitrogens with one attached hydrogen (secondary N) is 1. The molecule has 0 bridgehead atoms. The first-order chi connectivity index (χ1) is 10.2. The van der Waals surface area contributed by atoms with Gasteiger partial charge in [0.15, 0.2) is 0 Å². The molecule has 2 aromatic heterocycles. The number of halogens is 1. The van der Waals surface area contributed by atoms with Crippen molar-refractivity contribution in [3.63, 3.8) is 0 Å². The van der Waals surface area contributed by atoms with Crippen LogP contribution in [0.2, 0.25) is 5.28 Å². The fraction of sp³-hybridized carbons (Fsp3) is 0.625. The Bertz CT molecular complexity index is 625. The van der Waals surface area contributed by atoms with Gasteiger partial charge in [-0.3, -0.25) is 0 Å². The van der Waals surface area contributed by atoms with E-state index in [-0.39, 0.29) is 0 Å². The number of nitrogens with zero attached hydrogens (tertiary/aromatic N) is 2. The lowest BCUT2D eigenvalue weighted by Crippen LogP contribution is -2.26. The highest BCUT2D eigenvalue weighted by molar-refractivity contribution is 7.18. The van der Waals surface area contributed by atoms with Gasteiger partial charge >= 0.3 is 0 Å². The second-order valence-corrected chi connectivity index (χ2v) is 7.45. The van der Waals surface area contributed by atoms with Crippen molar-refractivity contribution in [2.24, 2.45) is 5.92 Å². The Morgan fingerprint density at radius 1 is 1.29 bits per heavy atom. The molecule has 2 aromatic rings. The van der Waals surface area contributed by atoms with Crippen LogP contribution in [0.4, 0.5) is 5.82 Å². The van der Waals surface area contributed by atoms with Crippen LogP contribution < -0.4 is 5.32 Å². The minimum absolute atomic E-state index is 0.343. The Hall–Kier alpha value is -0.870. The van der Waals surface area contributed by atoms with Gasteiger partial charge in [0.05, 0.1) is 5.39 Å². The molecule has 2 heterocycles. The molecule has 21 heavy (non-hydrogen) atoms. The van der Waals surface area contributed by atoms with Crippen LogP contribution in [0.1, 0.15) is 50.8 Å². The summed E-state index contributed by atoms with van der Waals surface area (Å²) in [5, 5.41) is 5.13. The molecule has 0 amide bonds. The van der Waals surface area contributed by atoms with Crippen molar-refractivity contribution in [2.75, 3.05) is 5.32 Å². The predicted octanol–water partition coefficient (Wildman–Crippen LogP) is 5.29. The molecule has 3 rings (SSSR count). The lowest BCUT2D eigenvalue weighted by Gasteiger charge is -2.23. The van der Waals surface area contributed by atoms with E-state index in [1.54, 1.807) is 11.3 Å². The van der Waals surface area contributed by atoms with E-state index in [1.807, 2.05) is 0 Å². The monoisotopic (exact) mass is 323 g/mol. The van der Waals surface area contributed by atoms with Crippen LogP contribution in [-0.2, 0) is 6.42 Å². The van der Waals surface area contributed by atoms with Crippen molar-refractivity contribution >= 4 is 39.0 Å². The van der Waals surface area contributed by atoms with E-state index < -0.39 is 0 Å². The molecule has 1 fully saturated rings. The van der Waals surface area contributed by atoms with Gasteiger partial charge in [-0.1, -0.05) is 33.1 Å². The highest BCUT2D eigenvalue weighted by Crippen LogP contribution is 2.33. The molecule has 1 aliphatic rings. The Kier molecular flexibility index (Phi) is 4.65. The van der Waals surface area contributed by atoms with Crippen molar-refractivity contribution in [2.45, 2.75) is 58.4 Å². The van der Waals surface area contributed by atoms with Crippen LogP contribution >= 0.6 is 22.9 Å². The van der Waals surface area contributed by atoms with E-state index >= 15 is 0 Å².